The first kappa shape index (κ1) is 16.4. The Hall–Kier alpha value is -3.81. The van der Waals surface area contributed by atoms with Crippen molar-refractivity contribution in [2.75, 3.05) is 6.54 Å². The number of nitrogens with zero attached hydrogens (tertiary/aromatic N) is 4. The summed E-state index contributed by atoms with van der Waals surface area (Å²) in [6.45, 7) is 0.510. The minimum atomic E-state index is -0.349. The molecular weight excluding hydrogens is 356 g/mol. The zero-order valence-corrected chi connectivity index (χ0v) is 14.8. The maximum absolute atomic E-state index is 13.5. The monoisotopic (exact) mass is 372 g/mol. The zero-order chi connectivity index (χ0) is 19.1. The van der Waals surface area contributed by atoms with Gasteiger partial charge in [-0.1, -0.05) is 18.2 Å². The number of benzene rings is 1. The van der Waals surface area contributed by atoms with Crippen molar-refractivity contribution in [2.24, 2.45) is 0 Å². The summed E-state index contributed by atoms with van der Waals surface area (Å²) in [6, 6.07) is 10.4. The van der Waals surface area contributed by atoms with Gasteiger partial charge in [0, 0.05) is 36.4 Å². The van der Waals surface area contributed by atoms with Crippen LogP contribution in [0.25, 0.3) is 10.8 Å². The standard InChI is InChI=1S/C20H16N6O2/c27-19-14-4-2-1-3-13(14)16(24-25-19)20(28)26-10-7-15-17(23-11-22-15)18(26)12-5-8-21-9-6-12/h1-6,8-9,11,18H,7,10H2,(H,22,23)(H,25,27). The summed E-state index contributed by atoms with van der Waals surface area (Å²) in [6.07, 6.45) is 5.73. The Balaban J connectivity index is 1.65. The number of hydrogen-bond donors (Lipinski definition) is 2. The topological polar surface area (TPSA) is 108 Å². The fraction of sp³-hybridized carbons (Fsp3) is 0.150. The molecular formula is C20H16N6O2. The zero-order valence-electron chi connectivity index (χ0n) is 14.8. The van der Waals surface area contributed by atoms with E-state index in [1.807, 2.05) is 12.1 Å². The van der Waals surface area contributed by atoms with E-state index in [0.717, 1.165) is 17.0 Å². The van der Waals surface area contributed by atoms with Gasteiger partial charge in [0.15, 0.2) is 5.69 Å². The minimum Gasteiger partial charge on any atom is -0.348 e. The Morgan fingerprint density at radius 2 is 1.89 bits per heavy atom. The predicted molar refractivity (Wildman–Crippen MR) is 102 cm³/mol. The van der Waals surface area contributed by atoms with Crippen LogP contribution in [0, 0.1) is 0 Å². The third kappa shape index (κ3) is 2.50. The van der Waals surface area contributed by atoms with E-state index in [0.29, 0.717) is 23.7 Å². The average molecular weight is 372 g/mol. The second-order valence-corrected chi connectivity index (χ2v) is 6.64. The van der Waals surface area contributed by atoms with Crippen LogP contribution in [0.15, 0.2) is 59.9 Å². The third-order valence-electron chi connectivity index (χ3n) is 5.11. The van der Waals surface area contributed by atoms with Gasteiger partial charge in [-0.15, -0.1) is 0 Å². The second kappa shape index (κ2) is 6.41. The molecule has 5 rings (SSSR count). The largest absolute Gasteiger partial charge is 0.348 e. The lowest BCUT2D eigenvalue weighted by atomic mass is 9.95. The molecule has 0 radical (unpaired) electrons. The first-order valence-corrected chi connectivity index (χ1v) is 8.94. The summed E-state index contributed by atoms with van der Waals surface area (Å²) >= 11 is 0. The lowest BCUT2D eigenvalue weighted by Crippen LogP contribution is -2.41. The van der Waals surface area contributed by atoms with Crippen LogP contribution in [0.5, 0.6) is 0 Å². The number of carbonyl (C=O) groups is 1. The van der Waals surface area contributed by atoms with Gasteiger partial charge in [-0.05, 0) is 23.8 Å². The van der Waals surface area contributed by atoms with Crippen molar-refractivity contribution in [2.45, 2.75) is 12.5 Å². The van der Waals surface area contributed by atoms with Crippen LogP contribution in [0.2, 0.25) is 0 Å². The van der Waals surface area contributed by atoms with Gasteiger partial charge in [0.2, 0.25) is 0 Å². The summed E-state index contributed by atoms with van der Waals surface area (Å²) in [5, 5.41) is 7.51. The molecule has 0 saturated heterocycles. The number of aromatic nitrogens is 5. The Bertz CT molecular complexity index is 1230. The van der Waals surface area contributed by atoms with Crippen molar-refractivity contribution in [3.05, 3.63) is 88.1 Å². The molecule has 1 aromatic carbocycles. The number of hydrogen-bond acceptors (Lipinski definition) is 5. The molecule has 0 saturated carbocycles. The molecule has 2 N–H and O–H groups in total. The first-order valence-electron chi connectivity index (χ1n) is 8.94. The first-order chi connectivity index (χ1) is 13.7. The second-order valence-electron chi connectivity index (χ2n) is 6.64. The van der Waals surface area contributed by atoms with Crippen LogP contribution < -0.4 is 5.56 Å². The van der Waals surface area contributed by atoms with Gasteiger partial charge in [-0.2, -0.15) is 5.10 Å². The number of amides is 1. The molecule has 0 spiro atoms. The molecule has 4 aromatic rings. The van der Waals surface area contributed by atoms with Crippen LogP contribution >= 0.6 is 0 Å². The molecule has 8 heteroatoms. The molecule has 0 fully saturated rings. The molecule has 28 heavy (non-hydrogen) atoms. The van der Waals surface area contributed by atoms with E-state index < -0.39 is 0 Å². The van der Waals surface area contributed by atoms with Crippen LogP contribution in [-0.4, -0.2) is 42.5 Å². The van der Waals surface area contributed by atoms with Crippen molar-refractivity contribution >= 4 is 16.7 Å². The summed E-state index contributed by atoms with van der Waals surface area (Å²) in [5.74, 6) is -0.247. The Morgan fingerprint density at radius 1 is 1.11 bits per heavy atom. The summed E-state index contributed by atoms with van der Waals surface area (Å²) in [5.41, 5.74) is 2.68. The van der Waals surface area contributed by atoms with Crippen LogP contribution in [0.1, 0.15) is 33.5 Å². The molecule has 1 aliphatic heterocycles. The van der Waals surface area contributed by atoms with Crippen molar-refractivity contribution in [3.63, 3.8) is 0 Å². The molecule has 0 aliphatic carbocycles. The van der Waals surface area contributed by atoms with Crippen molar-refractivity contribution in [1.82, 2.24) is 30.0 Å². The Labute approximate surface area is 159 Å². The van der Waals surface area contributed by atoms with E-state index in [-0.39, 0.29) is 23.2 Å². The van der Waals surface area contributed by atoms with E-state index >= 15 is 0 Å². The highest BCUT2D eigenvalue weighted by molar-refractivity contribution is 6.05. The predicted octanol–water partition coefficient (Wildman–Crippen LogP) is 1.83. The highest BCUT2D eigenvalue weighted by Gasteiger charge is 2.35. The Kier molecular flexibility index (Phi) is 3.75. The van der Waals surface area contributed by atoms with Crippen LogP contribution in [-0.2, 0) is 6.42 Å². The number of aromatic amines is 2. The summed E-state index contributed by atoms with van der Waals surface area (Å²) < 4.78 is 0. The number of fused-ring (bicyclic) bond motifs is 2. The van der Waals surface area contributed by atoms with Crippen LogP contribution in [0.4, 0.5) is 0 Å². The normalized spacial score (nSPS) is 16.1. The van der Waals surface area contributed by atoms with Gasteiger partial charge in [-0.25, -0.2) is 10.1 Å². The fourth-order valence-electron chi connectivity index (χ4n) is 3.79. The van der Waals surface area contributed by atoms with Gasteiger partial charge in [-0.3, -0.25) is 14.6 Å². The number of imidazole rings is 1. The molecule has 0 bridgehead atoms. The number of pyridine rings is 1. The summed E-state index contributed by atoms with van der Waals surface area (Å²) in [4.78, 5) is 39.1. The third-order valence-corrected chi connectivity index (χ3v) is 5.11. The quantitative estimate of drug-likeness (QED) is 0.558. The van der Waals surface area contributed by atoms with Crippen molar-refractivity contribution < 1.29 is 4.79 Å². The van der Waals surface area contributed by atoms with Gasteiger partial charge in [0.25, 0.3) is 11.5 Å². The minimum absolute atomic E-state index is 0.230. The van der Waals surface area contributed by atoms with Gasteiger partial charge >= 0.3 is 0 Å². The molecule has 3 aromatic heterocycles. The Morgan fingerprint density at radius 3 is 2.71 bits per heavy atom. The highest BCUT2D eigenvalue weighted by atomic mass is 16.2. The number of H-pyrrole nitrogens is 2. The van der Waals surface area contributed by atoms with E-state index in [9.17, 15) is 9.59 Å². The summed E-state index contributed by atoms with van der Waals surface area (Å²) in [7, 11) is 0. The van der Waals surface area contributed by atoms with Gasteiger partial charge in [0.1, 0.15) is 6.04 Å². The highest BCUT2D eigenvalue weighted by Crippen LogP contribution is 2.34. The number of nitrogens with one attached hydrogen (secondary N) is 2. The van der Waals surface area contributed by atoms with E-state index in [2.05, 4.69) is 25.1 Å². The SMILES string of the molecule is O=C(c1n[nH]c(=O)c2ccccc12)N1CCc2[nH]cnc2C1c1ccncc1. The maximum atomic E-state index is 13.5. The molecule has 4 heterocycles. The lowest BCUT2D eigenvalue weighted by Gasteiger charge is -2.35. The average Bonchev–Trinajstić information content (AvgIpc) is 3.22. The van der Waals surface area contributed by atoms with E-state index in [4.69, 9.17) is 0 Å². The van der Waals surface area contributed by atoms with Crippen LogP contribution in [0.3, 0.4) is 0 Å². The maximum Gasteiger partial charge on any atom is 0.275 e. The molecule has 1 aliphatic rings. The molecule has 138 valence electrons. The van der Waals surface area contributed by atoms with Crippen molar-refractivity contribution in [3.8, 4) is 0 Å². The van der Waals surface area contributed by atoms with E-state index in [1.54, 1.807) is 47.9 Å². The smallest absolute Gasteiger partial charge is 0.275 e. The molecule has 1 atom stereocenters. The lowest BCUT2D eigenvalue weighted by molar-refractivity contribution is 0.0685. The van der Waals surface area contributed by atoms with E-state index in [1.165, 1.54) is 0 Å². The van der Waals surface area contributed by atoms with Gasteiger partial charge < -0.3 is 9.88 Å². The molecule has 1 unspecified atom stereocenters. The molecule has 1 amide bonds. The number of rotatable bonds is 2. The van der Waals surface area contributed by atoms with Crippen molar-refractivity contribution in [1.29, 1.82) is 0 Å². The molecule has 8 nitrogen and oxygen atoms in total. The van der Waals surface area contributed by atoms with Gasteiger partial charge in [0.05, 0.1) is 17.4 Å². The number of carbonyl (C=O) groups excluding carboxylic acids is 1. The fourth-order valence-corrected chi connectivity index (χ4v) is 3.79.